The van der Waals surface area contributed by atoms with Gasteiger partial charge in [-0.2, -0.15) is 0 Å². The second-order valence-electron chi connectivity index (χ2n) is 5.12. The van der Waals surface area contributed by atoms with Crippen molar-refractivity contribution in [3.63, 3.8) is 0 Å². The van der Waals surface area contributed by atoms with Crippen LogP contribution in [0.2, 0.25) is 0 Å². The van der Waals surface area contributed by atoms with E-state index in [1.165, 1.54) is 4.68 Å². The fraction of sp³-hybridized carbons (Fsp3) is 0.429. The van der Waals surface area contributed by atoms with Crippen molar-refractivity contribution in [2.45, 2.75) is 32.9 Å². The molecule has 1 heterocycles. The fourth-order valence-electron chi connectivity index (χ4n) is 1.97. The van der Waals surface area contributed by atoms with Crippen molar-refractivity contribution in [2.24, 2.45) is 5.92 Å². The minimum Gasteiger partial charge on any atom is -0.486 e. The van der Waals surface area contributed by atoms with Crippen molar-refractivity contribution >= 4 is 5.97 Å². The Morgan fingerprint density at radius 2 is 2.05 bits per heavy atom. The lowest BCUT2D eigenvalue weighted by atomic mass is 10.0. The Labute approximate surface area is 122 Å². The zero-order chi connectivity index (χ0) is 15.2. The highest BCUT2D eigenvalue weighted by molar-refractivity contribution is 5.71. The van der Waals surface area contributed by atoms with E-state index in [1.54, 1.807) is 0 Å². The molecule has 0 aliphatic rings. The van der Waals surface area contributed by atoms with Gasteiger partial charge in [0.1, 0.15) is 12.4 Å². The van der Waals surface area contributed by atoms with E-state index in [4.69, 9.17) is 4.74 Å². The average molecular weight is 290 g/mol. The molecule has 0 bridgehead atoms. The number of aromatic nitrogens is 4. The molecule has 0 saturated heterocycles. The molecular formula is C14H18N4O3. The summed E-state index contributed by atoms with van der Waals surface area (Å²) in [4.78, 5) is 11.4. The molecule has 1 atom stereocenters. The highest BCUT2D eigenvalue weighted by atomic mass is 16.5. The van der Waals surface area contributed by atoms with Gasteiger partial charge in [0.2, 0.25) is 0 Å². The number of ether oxygens (including phenoxy) is 1. The maximum absolute atomic E-state index is 11.4. The maximum atomic E-state index is 11.4. The fourth-order valence-corrected chi connectivity index (χ4v) is 1.97. The van der Waals surface area contributed by atoms with Gasteiger partial charge in [0, 0.05) is 0 Å². The Morgan fingerprint density at radius 1 is 1.33 bits per heavy atom. The van der Waals surface area contributed by atoms with Gasteiger partial charge in [-0.3, -0.25) is 0 Å². The van der Waals surface area contributed by atoms with Gasteiger partial charge in [0.05, 0.1) is 0 Å². The Kier molecular flexibility index (Phi) is 4.86. The Hall–Kier alpha value is -2.44. The van der Waals surface area contributed by atoms with E-state index >= 15 is 0 Å². The highest BCUT2D eigenvalue weighted by Crippen LogP contribution is 2.19. The Balaban J connectivity index is 2.11. The summed E-state index contributed by atoms with van der Waals surface area (Å²) in [5, 5.41) is 20.6. The SMILES string of the molecule is CC(C)CC(C(=O)O)n1nnnc1COc1ccccc1. The van der Waals surface area contributed by atoms with Crippen LogP contribution in [0.5, 0.6) is 5.75 Å². The first kappa shape index (κ1) is 15.0. The third kappa shape index (κ3) is 4.01. The molecule has 21 heavy (non-hydrogen) atoms. The Bertz CT molecular complexity index is 583. The van der Waals surface area contributed by atoms with Crippen molar-refractivity contribution in [1.29, 1.82) is 0 Å². The number of aliphatic carboxylic acids is 1. The molecule has 1 aromatic heterocycles. The molecule has 2 rings (SSSR count). The number of nitrogens with zero attached hydrogens (tertiary/aromatic N) is 4. The number of carbonyl (C=O) groups is 1. The van der Waals surface area contributed by atoms with Crippen molar-refractivity contribution in [2.75, 3.05) is 0 Å². The van der Waals surface area contributed by atoms with Gasteiger partial charge in [-0.15, -0.1) is 5.10 Å². The van der Waals surface area contributed by atoms with Crippen molar-refractivity contribution in [3.8, 4) is 5.75 Å². The van der Waals surface area contributed by atoms with E-state index in [1.807, 2.05) is 44.2 Å². The molecule has 7 heteroatoms. The molecule has 7 nitrogen and oxygen atoms in total. The van der Waals surface area contributed by atoms with E-state index in [0.29, 0.717) is 18.0 Å². The normalized spacial score (nSPS) is 12.3. The summed E-state index contributed by atoms with van der Waals surface area (Å²) in [5.41, 5.74) is 0. The molecular weight excluding hydrogens is 272 g/mol. The number of para-hydroxylation sites is 1. The van der Waals surface area contributed by atoms with Crippen LogP contribution in [0.4, 0.5) is 0 Å². The lowest BCUT2D eigenvalue weighted by molar-refractivity contribution is -0.141. The second kappa shape index (κ2) is 6.83. The lowest BCUT2D eigenvalue weighted by Crippen LogP contribution is -2.24. The number of tetrazole rings is 1. The third-order valence-corrected chi connectivity index (χ3v) is 2.95. The third-order valence-electron chi connectivity index (χ3n) is 2.95. The molecule has 0 saturated carbocycles. The molecule has 2 aromatic rings. The lowest BCUT2D eigenvalue weighted by Gasteiger charge is -2.16. The first-order valence-corrected chi connectivity index (χ1v) is 6.75. The van der Waals surface area contributed by atoms with Gasteiger partial charge in [0.15, 0.2) is 11.9 Å². The summed E-state index contributed by atoms with van der Waals surface area (Å²) >= 11 is 0. The zero-order valence-corrected chi connectivity index (χ0v) is 12.0. The number of hydrogen-bond donors (Lipinski definition) is 1. The molecule has 1 aromatic carbocycles. The average Bonchev–Trinajstić information content (AvgIpc) is 2.91. The number of carboxylic acid groups (broad SMARTS) is 1. The molecule has 112 valence electrons. The molecule has 0 radical (unpaired) electrons. The molecule has 1 N–H and O–H groups in total. The van der Waals surface area contributed by atoms with Crippen LogP contribution in [0.1, 0.15) is 32.1 Å². The van der Waals surface area contributed by atoms with Crippen LogP contribution in [0.15, 0.2) is 30.3 Å². The maximum Gasteiger partial charge on any atom is 0.328 e. The smallest absolute Gasteiger partial charge is 0.328 e. The number of carboxylic acids is 1. The Morgan fingerprint density at radius 3 is 2.67 bits per heavy atom. The van der Waals surface area contributed by atoms with Crippen LogP contribution in [0.25, 0.3) is 0 Å². The zero-order valence-electron chi connectivity index (χ0n) is 12.0. The van der Waals surface area contributed by atoms with E-state index in [-0.39, 0.29) is 12.5 Å². The van der Waals surface area contributed by atoms with Gasteiger partial charge in [0.25, 0.3) is 0 Å². The molecule has 0 aliphatic heterocycles. The summed E-state index contributed by atoms with van der Waals surface area (Å²) in [6, 6.07) is 8.46. The topological polar surface area (TPSA) is 90.1 Å². The van der Waals surface area contributed by atoms with Gasteiger partial charge < -0.3 is 9.84 Å². The summed E-state index contributed by atoms with van der Waals surface area (Å²) in [6.07, 6.45) is 0.457. The number of hydrogen-bond acceptors (Lipinski definition) is 5. The highest BCUT2D eigenvalue weighted by Gasteiger charge is 2.25. The van der Waals surface area contributed by atoms with E-state index in [0.717, 1.165) is 0 Å². The number of benzene rings is 1. The summed E-state index contributed by atoms with van der Waals surface area (Å²) < 4.78 is 6.89. The molecule has 0 spiro atoms. The van der Waals surface area contributed by atoms with Crippen molar-refractivity contribution in [1.82, 2.24) is 20.2 Å². The van der Waals surface area contributed by atoms with Gasteiger partial charge >= 0.3 is 5.97 Å². The molecule has 0 amide bonds. The first-order chi connectivity index (χ1) is 10.1. The molecule has 0 fully saturated rings. The second-order valence-corrected chi connectivity index (χ2v) is 5.12. The first-order valence-electron chi connectivity index (χ1n) is 6.75. The van der Waals surface area contributed by atoms with Gasteiger partial charge in [-0.1, -0.05) is 32.0 Å². The largest absolute Gasteiger partial charge is 0.486 e. The van der Waals surface area contributed by atoms with Gasteiger partial charge in [-0.05, 0) is 34.9 Å². The van der Waals surface area contributed by atoms with Crippen LogP contribution in [0, 0.1) is 5.92 Å². The minimum atomic E-state index is -0.947. The van der Waals surface area contributed by atoms with Crippen LogP contribution >= 0.6 is 0 Å². The van der Waals surface area contributed by atoms with Crippen LogP contribution in [-0.2, 0) is 11.4 Å². The van der Waals surface area contributed by atoms with Crippen molar-refractivity contribution in [3.05, 3.63) is 36.2 Å². The molecule has 1 unspecified atom stereocenters. The van der Waals surface area contributed by atoms with Crippen LogP contribution in [0.3, 0.4) is 0 Å². The minimum absolute atomic E-state index is 0.124. The van der Waals surface area contributed by atoms with Crippen LogP contribution < -0.4 is 4.74 Å². The van der Waals surface area contributed by atoms with E-state index in [2.05, 4.69) is 15.5 Å². The predicted octanol–water partition coefficient (Wildman–Crippen LogP) is 1.92. The quantitative estimate of drug-likeness (QED) is 0.838. The van der Waals surface area contributed by atoms with Crippen LogP contribution in [-0.4, -0.2) is 31.3 Å². The standard InChI is InChI=1S/C14H18N4O3/c1-10(2)8-12(14(19)20)18-13(15-16-17-18)9-21-11-6-4-3-5-7-11/h3-7,10,12H,8-9H2,1-2H3,(H,19,20). The summed E-state index contributed by atoms with van der Waals surface area (Å²) in [5.74, 6) is 0.352. The van der Waals surface area contributed by atoms with Crippen molar-refractivity contribution < 1.29 is 14.6 Å². The van der Waals surface area contributed by atoms with E-state index in [9.17, 15) is 9.90 Å². The van der Waals surface area contributed by atoms with E-state index < -0.39 is 12.0 Å². The molecule has 0 aliphatic carbocycles. The monoisotopic (exact) mass is 290 g/mol. The predicted molar refractivity (Wildman–Crippen MR) is 74.7 cm³/mol. The van der Waals surface area contributed by atoms with Gasteiger partial charge in [-0.25, -0.2) is 9.48 Å². The number of rotatable bonds is 7. The summed E-state index contributed by atoms with van der Waals surface area (Å²) in [7, 11) is 0. The summed E-state index contributed by atoms with van der Waals surface area (Å²) in [6.45, 7) is 4.04.